The van der Waals surface area contributed by atoms with Gasteiger partial charge in [0, 0.05) is 15.2 Å². The molecule has 0 spiro atoms. The second kappa shape index (κ2) is 10.8. The highest BCUT2D eigenvalue weighted by molar-refractivity contribution is 9.10. The number of anilines is 1. The Bertz CT molecular complexity index is 1120. The van der Waals surface area contributed by atoms with Crippen LogP contribution in [0.25, 0.3) is 0 Å². The highest BCUT2D eigenvalue weighted by Crippen LogP contribution is 2.39. The Labute approximate surface area is 212 Å². The van der Waals surface area contributed by atoms with E-state index in [1.807, 2.05) is 71.4 Å². The Kier molecular flexibility index (Phi) is 7.78. The quantitative estimate of drug-likeness (QED) is 0.356. The van der Waals surface area contributed by atoms with Gasteiger partial charge in [-0.25, -0.2) is 0 Å². The summed E-state index contributed by atoms with van der Waals surface area (Å²) < 4.78 is 0.971. The fraction of sp³-hybridized carbons (Fsp3) is 0.231. The van der Waals surface area contributed by atoms with Crippen LogP contribution in [-0.2, 0) is 10.2 Å². The van der Waals surface area contributed by atoms with Gasteiger partial charge in [0.1, 0.15) is 6.54 Å². The Hall–Kier alpha value is -2.28. The van der Waals surface area contributed by atoms with E-state index in [1.54, 1.807) is 0 Å². The van der Waals surface area contributed by atoms with Gasteiger partial charge >= 0.3 is 0 Å². The van der Waals surface area contributed by atoms with Crippen molar-refractivity contribution in [3.8, 4) is 0 Å². The minimum absolute atomic E-state index is 0.0924. The summed E-state index contributed by atoms with van der Waals surface area (Å²) >= 11 is 11.4. The van der Waals surface area contributed by atoms with Crippen molar-refractivity contribution in [3.05, 3.63) is 99.5 Å². The van der Waals surface area contributed by atoms with Crippen LogP contribution in [0.15, 0.2) is 88.4 Å². The van der Waals surface area contributed by atoms with Gasteiger partial charge in [-0.3, -0.25) is 9.80 Å². The van der Waals surface area contributed by atoms with Gasteiger partial charge in [0.25, 0.3) is 0 Å². The van der Waals surface area contributed by atoms with E-state index in [4.69, 9.17) is 16.7 Å². The molecule has 1 heterocycles. The maximum Gasteiger partial charge on any atom is 0.245 e. The normalized spacial score (nSPS) is 17.7. The molecule has 3 aromatic carbocycles. The molecule has 1 atom stereocenters. The van der Waals surface area contributed by atoms with Gasteiger partial charge in [-0.1, -0.05) is 70.0 Å². The number of benzene rings is 3. The summed E-state index contributed by atoms with van der Waals surface area (Å²) in [5.74, 6) is 0.894. The lowest BCUT2D eigenvalue weighted by molar-refractivity contribution is -0.117. The zero-order valence-electron chi connectivity index (χ0n) is 18.3. The SMILES string of the molecule is CSCCC1(c2ccccc2)CN(CC(=O)Nc2ccc(Br)cc2)N=C1c1ccc(Cl)cc1. The molecule has 0 aliphatic carbocycles. The number of rotatable bonds is 8. The first-order valence-electron chi connectivity index (χ1n) is 10.7. The van der Waals surface area contributed by atoms with Gasteiger partial charge in [0.2, 0.25) is 5.91 Å². The lowest BCUT2D eigenvalue weighted by atomic mass is 9.72. The second-order valence-corrected chi connectivity index (χ2v) is 10.4. The summed E-state index contributed by atoms with van der Waals surface area (Å²) in [7, 11) is 0. The summed E-state index contributed by atoms with van der Waals surface area (Å²) in [6.07, 6.45) is 3.04. The molecule has 0 aromatic heterocycles. The van der Waals surface area contributed by atoms with Crippen LogP contribution in [0.2, 0.25) is 5.02 Å². The minimum Gasteiger partial charge on any atom is -0.324 e. The highest BCUT2D eigenvalue weighted by Gasteiger charge is 2.44. The van der Waals surface area contributed by atoms with Crippen LogP contribution in [0.4, 0.5) is 5.69 Å². The molecule has 0 saturated heterocycles. The Balaban J connectivity index is 1.65. The largest absolute Gasteiger partial charge is 0.324 e. The number of amides is 1. The summed E-state index contributed by atoms with van der Waals surface area (Å²) in [5, 5.41) is 10.6. The van der Waals surface area contributed by atoms with E-state index in [-0.39, 0.29) is 17.9 Å². The Morgan fingerprint density at radius 1 is 1.09 bits per heavy atom. The summed E-state index contributed by atoms with van der Waals surface area (Å²) in [6, 6.07) is 25.9. The maximum absolute atomic E-state index is 12.8. The van der Waals surface area contributed by atoms with Gasteiger partial charge in [-0.05, 0) is 66.0 Å². The molecule has 170 valence electrons. The van der Waals surface area contributed by atoms with Gasteiger partial charge in [-0.2, -0.15) is 16.9 Å². The van der Waals surface area contributed by atoms with Crippen molar-refractivity contribution < 1.29 is 4.79 Å². The number of carbonyl (C=O) groups is 1. The van der Waals surface area contributed by atoms with Crippen LogP contribution in [-0.4, -0.2) is 41.7 Å². The third-order valence-electron chi connectivity index (χ3n) is 5.78. The van der Waals surface area contributed by atoms with Gasteiger partial charge in [-0.15, -0.1) is 0 Å². The van der Waals surface area contributed by atoms with Crippen molar-refractivity contribution in [3.63, 3.8) is 0 Å². The first-order chi connectivity index (χ1) is 16.0. The van der Waals surface area contributed by atoms with Crippen molar-refractivity contribution in [2.75, 3.05) is 30.4 Å². The van der Waals surface area contributed by atoms with Crippen LogP contribution in [0.1, 0.15) is 17.5 Å². The van der Waals surface area contributed by atoms with Crippen LogP contribution in [0, 0.1) is 0 Å². The summed E-state index contributed by atoms with van der Waals surface area (Å²) in [4.78, 5) is 12.8. The predicted molar refractivity (Wildman–Crippen MR) is 143 cm³/mol. The molecular weight excluding hydrogens is 518 g/mol. The molecule has 1 aliphatic rings. The van der Waals surface area contributed by atoms with Crippen molar-refractivity contribution in [1.82, 2.24) is 5.01 Å². The number of hydrogen-bond acceptors (Lipinski definition) is 4. The van der Waals surface area contributed by atoms with Gasteiger partial charge in [0.05, 0.1) is 17.7 Å². The van der Waals surface area contributed by atoms with Gasteiger partial charge < -0.3 is 5.32 Å². The maximum atomic E-state index is 12.8. The van der Waals surface area contributed by atoms with E-state index in [9.17, 15) is 4.79 Å². The van der Waals surface area contributed by atoms with Crippen LogP contribution in [0.3, 0.4) is 0 Å². The number of hydrogen-bond donors (Lipinski definition) is 1. The van der Waals surface area contributed by atoms with Crippen molar-refractivity contribution in [2.45, 2.75) is 11.8 Å². The molecule has 0 radical (unpaired) electrons. The molecular formula is C26H25BrClN3OS. The van der Waals surface area contributed by atoms with Crippen LogP contribution < -0.4 is 5.32 Å². The molecule has 1 amide bonds. The van der Waals surface area contributed by atoms with E-state index in [0.29, 0.717) is 11.6 Å². The molecule has 1 unspecified atom stereocenters. The topological polar surface area (TPSA) is 44.7 Å². The van der Waals surface area contributed by atoms with Crippen molar-refractivity contribution >= 4 is 56.6 Å². The standard InChI is InChI=1S/C26H25BrClN3OS/c1-33-16-15-26(20-5-3-2-4-6-20)18-31(30-25(26)19-7-11-22(28)12-8-19)17-24(32)29-23-13-9-21(27)10-14-23/h2-14H,15-18H2,1H3,(H,29,32). The van der Waals surface area contributed by atoms with Crippen LogP contribution in [0.5, 0.6) is 0 Å². The number of carbonyl (C=O) groups excluding carboxylic acids is 1. The number of thioether (sulfide) groups is 1. The summed E-state index contributed by atoms with van der Waals surface area (Å²) in [6.45, 7) is 0.824. The average molecular weight is 543 g/mol. The average Bonchev–Trinajstić information content (AvgIpc) is 3.19. The smallest absolute Gasteiger partial charge is 0.245 e. The molecule has 7 heteroatoms. The van der Waals surface area contributed by atoms with E-state index < -0.39 is 0 Å². The Morgan fingerprint density at radius 3 is 2.45 bits per heavy atom. The lowest BCUT2D eigenvalue weighted by Gasteiger charge is -2.32. The van der Waals surface area contributed by atoms with Crippen LogP contribution >= 0.6 is 39.3 Å². The lowest BCUT2D eigenvalue weighted by Crippen LogP contribution is -2.41. The monoisotopic (exact) mass is 541 g/mol. The molecule has 3 aromatic rings. The third kappa shape index (κ3) is 5.62. The second-order valence-electron chi connectivity index (χ2n) is 8.02. The van der Waals surface area contributed by atoms with Gasteiger partial charge in [0.15, 0.2) is 0 Å². The van der Waals surface area contributed by atoms with E-state index in [2.05, 4.69) is 51.8 Å². The molecule has 0 bridgehead atoms. The minimum atomic E-state index is -0.310. The molecule has 4 rings (SSSR count). The fourth-order valence-corrected chi connectivity index (χ4v) is 5.14. The number of nitrogens with one attached hydrogen (secondary N) is 1. The van der Waals surface area contributed by atoms with E-state index in [0.717, 1.165) is 33.6 Å². The zero-order valence-corrected chi connectivity index (χ0v) is 21.5. The highest BCUT2D eigenvalue weighted by atomic mass is 79.9. The zero-order chi connectivity index (χ0) is 23.3. The van der Waals surface area contributed by atoms with Crippen molar-refractivity contribution in [1.29, 1.82) is 0 Å². The fourth-order valence-electron chi connectivity index (χ4n) is 4.19. The van der Waals surface area contributed by atoms with E-state index >= 15 is 0 Å². The number of nitrogens with zero attached hydrogens (tertiary/aromatic N) is 2. The molecule has 0 fully saturated rings. The van der Waals surface area contributed by atoms with Crippen molar-refractivity contribution in [2.24, 2.45) is 5.10 Å². The first-order valence-corrected chi connectivity index (χ1v) is 13.3. The molecule has 1 aliphatic heterocycles. The first kappa shape index (κ1) is 23.9. The third-order valence-corrected chi connectivity index (χ3v) is 7.17. The molecule has 33 heavy (non-hydrogen) atoms. The molecule has 0 saturated carbocycles. The predicted octanol–water partition coefficient (Wildman–Crippen LogP) is 6.45. The summed E-state index contributed by atoms with van der Waals surface area (Å²) in [5.41, 5.74) is 3.68. The molecule has 1 N–H and O–H groups in total. The Morgan fingerprint density at radius 2 is 1.79 bits per heavy atom. The number of hydrazone groups is 1. The molecule has 4 nitrogen and oxygen atoms in total. The number of halogens is 2. The van der Waals surface area contributed by atoms with E-state index in [1.165, 1.54) is 5.56 Å².